The Morgan fingerprint density at radius 3 is 2.86 bits per heavy atom. The van der Waals surface area contributed by atoms with E-state index in [0.29, 0.717) is 11.7 Å². The maximum Gasteiger partial charge on any atom is 0.376 e. The summed E-state index contributed by atoms with van der Waals surface area (Å²) in [6, 6.07) is 1.50. The van der Waals surface area contributed by atoms with Gasteiger partial charge in [-0.15, -0.1) is 0 Å². The lowest BCUT2D eigenvalue weighted by Crippen LogP contribution is -2.39. The summed E-state index contributed by atoms with van der Waals surface area (Å²) in [6.07, 6.45) is 4.44. The molecule has 2 fully saturated rings. The molecule has 7 heteroatoms. The van der Waals surface area contributed by atoms with Crippen molar-refractivity contribution in [1.82, 2.24) is 9.97 Å². The lowest BCUT2D eigenvalue weighted by Gasteiger charge is -2.29. The number of hydrogen-bond acceptors (Lipinski definition) is 6. The Bertz CT molecular complexity index is 577. The van der Waals surface area contributed by atoms with E-state index in [1.807, 2.05) is 0 Å². The maximum atomic E-state index is 11.5. The number of ether oxygens (including phenoxy) is 1. The van der Waals surface area contributed by atoms with Crippen LogP contribution in [-0.2, 0) is 9.53 Å². The molecule has 2 aliphatic carbocycles. The van der Waals surface area contributed by atoms with Crippen LogP contribution in [0, 0.1) is 17.8 Å². The number of hydrogen-bond donors (Lipinski definition) is 2. The second kappa shape index (κ2) is 5.31. The zero-order valence-corrected chi connectivity index (χ0v) is 11.7. The minimum Gasteiger partial charge on any atom is -0.481 e. The zero-order valence-electron chi connectivity index (χ0n) is 11.7. The molecule has 0 radical (unpaired) electrons. The van der Waals surface area contributed by atoms with E-state index in [4.69, 9.17) is 0 Å². The van der Waals surface area contributed by atoms with Gasteiger partial charge in [-0.25, -0.2) is 14.8 Å². The molecule has 7 nitrogen and oxygen atoms in total. The summed E-state index contributed by atoms with van der Waals surface area (Å²) in [4.78, 5) is 30.8. The predicted molar refractivity (Wildman–Crippen MR) is 72.7 cm³/mol. The molecular weight excluding hydrogens is 274 g/mol. The first kappa shape index (κ1) is 13.8. The fraction of sp³-hybridized carbons (Fsp3) is 0.571. The number of methoxy groups -OCH3 is 1. The van der Waals surface area contributed by atoms with Crippen LogP contribution in [0.4, 0.5) is 5.82 Å². The number of fused-ring (bicyclic) bond motifs is 2. The average molecular weight is 291 g/mol. The van der Waals surface area contributed by atoms with Gasteiger partial charge in [0.15, 0.2) is 0 Å². The number of anilines is 1. The summed E-state index contributed by atoms with van der Waals surface area (Å²) >= 11 is 0. The SMILES string of the molecule is COC(=O)c1nccc(NC2C3CCC(C3)C2C(=O)O)n1. The number of carbonyl (C=O) groups excluding carboxylic acids is 1. The number of carbonyl (C=O) groups is 2. The predicted octanol–water partition coefficient (Wildman–Crippen LogP) is 1.17. The normalized spacial score (nSPS) is 30.1. The standard InChI is InChI=1S/C14H17N3O4/c1-21-14(20)12-15-5-4-9(17-12)16-11-8-3-2-7(6-8)10(11)13(18)19/h4-5,7-8,10-11H,2-3,6H2,1H3,(H,18,19)(H,15,16,17). The third-order valence-electron chi connectivity index (χ3n) is 4.54. The van der Waals surface area contributed by atoms with Crippen molar-refractivity contribution in [2.45, 2.75) is 25.3 Å². The summed E-state index contributed by atoms with van der Waals surface area (Å²) in [7, 11) is 1.27. The molecule has 112 valence electrons. The second-order valence-corrected chi connectivity index (χ2v) is 5.62. The number of aromatic nitrogens is 2. The van der Waals surface area contributed by atoms with Gasteiger partial charge in [0.05, 0.1) is 13.0 Å². The fourth-order valence-corrected chi connectivity index (χ4v) is 3.65. The summed E-state index contributed by atoms with van der Waals surface area (Å²) in [5, 5.41) is 12.6. The van der Waals surface area contributed by atoms with E-state index >= 15 is 0 Å². The Balaban J connectivity index is 1.80. The van der Waals surface area contributed by atoms with Gasteiger partial charge >= 0.3 is 11.9 Å². The number of esters is 1. The molecule has 1 aromatic heterocycles. The highest BCUT2D eigenvalue weighted by Gasteiger charge is 2.51. The van der Waals surface area contributed by atoms with Crippen LogP contribution in [0.3, 0.4) is 0 Å². The minimum absolute atomic E-state index is 0.0301. The first-order valence-electron chi connectivity index (χ1n) is 7.01. The van der Waals surface area contributed by atoms with Gasteiger partial charge in [-0.2, -0.15) is 0 Å². The van der Waals surface area contributed by atoms with E-state index in [-0.39, 0.29) is 23.7 Å². The van der Waals surface area contributed by atoms with E-state index in [1.54, 1.807) is 6.07 Å². The molecule has 0 aromatic carbocycles. The van der Waals surface area contributed by atoms with E-state index < -0.39 is 11.9 Å². The van der Waals surface area contributed by atoms with Crippen LogP contribution in [0.25, 0.3) is 0 Å². The molecule has 3 rings (SSSR count). The number of carboxylic acid groups (broad SMARTS) is 1. The summed E-state index contributed by atoms with van der Waals surface area (Å²) in [5.74, 6) is -0.727. The van der Waals surface area contributed by atoms with Crippen molar-refractivity contribution in [1.29, 1.82) is 0 Å². The van der Waals surface area contributed by atoms with Gasteiger partial charge in [-0.1, -0.05) is 0 Å². The molecule has 4 unspecified atom stereocenters. The van der Waals surface area contributed by atoms with Gasteiger partial charge < -0.3 is 15.2 Å². The highest BCUT2D eigenvalue weighted by molar-refractivity contribution is 5.85. The Labute approximate surface area is 121 Å². The molecular formula is C14H17N3O4. The number of nitrogens with zero attached hydrogens (tertiary/aromatic N) is 2. The molecule has 0 saturated heterocycles. The van der Waals surface area contributed by atoms with Crippen molar-refractivity contribution in [2.24, 2.45) is 17.8 Å². The van der Waals surface area contributed by atoms with E-state index in [9.17, 15) is 14.7 Å². The lowest BCUT2D eigenvalue weighted by molar-refractivity contribution is -0.143. The van der Waals surface area contributed by atoms with Gasteiger partial charge in [-0.3, -0.25) is 4.79 Å². The van der Waals surface area contributed by atoms with Crippen molar-refractivity contribution in [2.75, 3.05) is 12.4 Å². The smallest absolute Gasteiger partial charge is 0.376 e. The first-order valence-corrected chi connectivity index (χ1v) is 7.01. The molecule has 2 saturated carbocycles. The molecule has 1 aromatic rings. The topological polar surface area (TPSA) is 101 Å². The summed E-state index contributed by atoms with van der Waals surface area (Å²) in [6.45, 7) is 0. The molecule has 0 spiro atoms. The highest BCUT2D eigenvalue weighted by atomic mass is 16.5. The quantitative estimate of drug-likeness (QED) is 0.803. The fourth-order valence-electron chi connectivity index (χ4n) is 3.65. The van der Waals surface area contributed by atoms with Gasteiger partial charge in [0.25, 0.3) is 0 Å². The molecule has 2 aliphatic rings. The Hall–Kier alpha value is -2.18. The number of carboxylic acids is 1. The third kappa shape index (κ3) is 2.43. The highest BCUT2D eigenvalue weighted by Crippen LogP contribution is 2.49. The Kier molecular flexibility index (Phi) is 3.48. The molecule has 2 bridgehead atoms. The van der Waals surface area contributed by atoms with Gasteiger partial charge in [0.2, 0.25) is 5.82 Å². The van der Waals surface area contributed by atoms with Gasteiger partial charge in [0, 0.05) is 12.2 Å². The number of nitrogens with one attached hydrogen (secondary N) is 1. The largest absolute Gasteiger partial charge is 0.481 e. The maximum absolute atomic E-state index is 11.5. The van der Waals surface area contributed by atoms with Crippen molar-refractivity contribution in [3.8, 4) is 0 Å². The van der Waals surface area contributed by atoms with Crippen LogP contribution in [-0.4, -0.2) is 40.2 Å². The monoisotopic (exact) mass is 291 g/mol. The third-order valence-corrected chi connectivity index (χ3v) is 4.54. The van der Waals surface area contributed by atoms with Crippen molar-refractivity contribution in [3.05, 3.63) is 18.1 Å². The summed E-state index contributed by atoms with van der Waals surface area (Å²) in [5.41, 5.74) is 0. The second-order valence-electron chi connectivity index (χ2n) is 5.62. The lowest BCUT2D eigenvalue weighted by atomic mass is 9.84. The van der Waals surface area contributed by atoms with Crippen LogP contribution in [0.5, 0.6) is 0 Å². The van der Waals surface area contributed by atoms with Crippen LogP contribution in [0.1, 0.15) is 29.9 Å². The number of rotatable bonds is 4. The van der Waals surface area contributed by atoms with Crippen molar-refractivity contribution >= 4 is 17.8 Å². The molecule has 0 amide bonds. The van der Waals surface area contributed by atoms with Crippen LogP contribution in [0.2, 0.25) is 0 Å². The average Bonchev–Trinajstić information content (AvgIpc) is 3.07. The molecule has 0 aliphatic heterocycles. The minimum atomic E-state index is -0.762. The van der Waals surface area contributed by atoms with Crippen molar-refractivity contribution in [3.63, 3.8) is 0 Å². The molecule has 1 heterocycles. The summed E-state index contributed by atoms with van der Waals surface area (Å²) < 4.78 is 4.58. The first-order chi connectivity index (χ1) is 10.1. The van der Waals surface area contributed by atoms with E-state index in [1.165, 1.54) is 13.3 Å². The van der Waals surface area contributed by atoms with Crippen LogP contribution < -0.4 is 5.32 Å². The van der Waals surface area contributed by atoms with Crippen LogP contribution in [0.15, 0.2) is 12.3 Å². The van der Waals surface area contributed by atoms with Gasteiger partial charge in [-0.05, 0) is 37.2 Å². The Morgan fingerprint density at radius 2 is 2.14 bits per heavy atom. The molecule has 4 atom stereocenters. The molecule has 21 heavy (non-hydrogen) atoms. The van der Waals surface area contributed by atoms with Crippen LogP contribution >= 0.6 is 0 Å². The molecule has 2 N–H and O–H groups in total. The van der Waals surface area contributed by atoms with E-state index in [2.05, 4.69) is 20.0 Å². The van der Waals surface area contributed by atoms with Crippen molar-refractivity contribution < 1.29 is 19.4 Å². The van der Waals surface area contributed by atoms with E-state index in [0.717, 1.165) is 19.3 Å². The number of aliphatic carboxylic acids is 1. The zero-order chi connectivity index (χ0) is 15.0. The Morgan fingerprint density at radius 1 is 1.38 bits per heavy atom. The van der Waals surface area contributed by atoms with Gasteiger partial charge in [0.1, 0.15) is 5.82 Å².